The minimum absolute atomic E-state index is 0. The summed E-state index contributed by atoms with van der Waals surface area (Å²) in [5.74, 6) is 1.91. The third kappa shape index (κ3) is 4.38. The van der Waals surface area contributed by atoms with Crippen LogP contribution in [0.25, 0.3) is 10.8 Å². The first-order valence-electron chi connectivity index (χ1n) is 12.3. The lowest BCUT2D eigenvalue weighted by Crippen LogP contribution is -2.45. The Morgan fingerprint density at radius 1 is 0.829 bits per heavy atom. The molecule has 35 heavy (non-hydrogen) atoms. The van der Waals surface area contributed by atoms with Gasteiger partial charge in [0.2, 0.25) is 0 Å². The minimum atomic E-state index is 0. The Labute approximate surface area is 212 Å². The van der Waals surface area contributed by atoms with Crippen LogP contribution in [0.2, 0.25) is 0 Å². The molecular weight excluding hydrogens is 460 g/mol. The van der Waals surface area contributed by atoms with Crippen LogP contribution in [0.1, 0.15) is 16.7 Å². The van der Waals surface area contributed by atoms with Gasteiger partial charge in [-0.15, -0.1) is 12.4 Å². The molecule has 3 aliphatic heterocycles. The fourth-order valence-corrected chi connectivity index (χ4v) is 5.55. The number of fused-ring (bicyclic) bond motifs is 2. The number of hydrogen-bond acceptors (Lipinski definition) is 7. The van der Waals surface area contributed by atoms with Crippen LogP contribution in [0.5, 0.6) is 0 Å². The van der Waals surface area contributed by atoms with Gasteiger partial charge in [-0.05, 0) is 23.4 Å². The number of hydrogen-bond donors (Lipinski definition) is 1. The molecular formula is C27H31ClN6O. The molecule has 3 aliphatic rings. The third-order valence-electron chi connectivity index (χ3n) is 7.30. The number of morpholine rings is 1. The Kier molecular flexibility index (Phi) is 6.96. The highest BCUT2D eigenvalue weighted by atomic mass is 35.5. The molecule has 2 fully saturated rings. The zero-order valence-electron chi connectivity index (χ0n) is 19.9. The van der Waals surface area contributed by atoms with Gasteiger partial charge < -0.3 is 24.8 Å². The molecule has 182 valence electrons. The van der Waals surface area contributed by atoms with E-state index in [2.05, 4.69) is 68.6 Å². The van der Waals surface area contributed by atoms with E-state index in [-0.39, 0.29) is 12.4 Å². The highest BCUT2D eigenvalue weighted by Gasteiger charge is 2.31. The molecule has 0 bridgehead atoms. The quantitative estimate of drug-likeness (QED) is 0.604. The van der Waals surface area contributed by atoms with Gasteiger partial charge >= 0.3 is 0 Å². The number of nitrogens with one attached hydrogen (secondary N) is 1. The van der Waals surface area contributed by atoms with Crippen molar-refractivity contribution in [2.75, 3.05) is 73.7 Å². The maximum Gasteiger partial charge on any atom is 0.149 e. The standard InChI is InChI=1S/C27H30N6O.ClH/c28-18-23-24-19-33(25-7-3-5-20-4-1-2-6-21(20)25)11-8-22(24)26(31-12-9-29-10-13-31)30-27(23)32-14-16-34-17-15-32;/h1-7,29H,8-17,19H2;1H. The zero-order chi connectivity index (χ0) is 22.9. The minimum Gasteiger partial charge on any atom is -0.378 e. The lowest BCUT2D eigenvalue weighted by molar-refractivity contribution is 0.122. The normalized spacial score (nSPS) is 18.1. The van der Waals surface area contributed by atoms with E-state index in [9.17, 15) is 5.26 Å². The first-order chi connectivity index (χ1) is 16.8. The number of aromatic nitrogens is 1. The highest BCUT2D eigenvalue weighted by molar-refractivity contribution is 5.94. The molecule has 3 aromatic rings. The van der Waals surface area contributed by atoms with Crippen LogP contribution in [-0.4, -0.2) is 64.0 Å². The molecule has 1 N–H and O–H groups in total. The summed E-state index contributed by atoms with van der Waals surface area (Å²) in [5.41, 5.74) is 4.38. The Balaban J connectivity index is 0.00000253. The number of pyridine rings is 1. The second-order valence-electron chi connectivity index (χ2n) is 9.21. The molecule has 0 amide bonds. The zero-order valence-corrected chi connectivity index (χ0v) is 20.7. The van der Waals surface area contributed by atoms with Crippen molar-refractivity contribution in [3.8, 4) is 6.07 Å². The molecule has 0 atom stereocenters. The van der Waals surface area contributed by atoms with E-state index >= 15 is 0 Å². The van der Waals surface area contributed by atoms with E-state index in [4.69, 9.17) is 9.72 Å². The molecule has 7 nitrogen and oxygen atoms in total. The van der Waals surface area contributed by atoms with Gasteiger partial charge in [0.1, 0.15) is 17.7 Å². The summed E-state index contributed by atoms with van der Waals surface area (Å²) in [5, 5.41) is 16.3. The molecule has 2 aromatic carbocycles. The molecule has 4 heterocycles. The summed E-state index contributed by atoms with van der Waals surface area (Å²) in [6.07, 6.45) is 0.892. The number of ether oxygens (including phenoxy) is 1. The number of anilines is 3. The average Bonchev–Trinajstić information content (AvgIpc) is 2.92. The van der Waals surface area contributed by atoms with Crippen molar-refractivity contribution in [2.24, 2.45) is 0 Å². The monoisotopic (exact) mass is 490 g/mol. The number of piperazine rings is 1. The fourth-order valence-electron chi connectivity index (χ4n) is 5.55. The van der Waals surface area contributed by atoms with E-state index in [0.717, 1.165) is 81.5 Å². The highest BCUT2D eigenvalue weighted by Crippen LogP contribution is 2.38. The van der Waals surface area contributed by atoms with E-state index in [1.165, 1.54) is 22.0 Å². The van der Waals surface area contributed by atoms with Crippen molar-refractivity contribution in [3.63, 3.8) is 0 Å². The van der Waals surface area contributed by atoms with Crippen LogP contribution in [0, 0.1) is 11.3 Å². The molecule has 8 heteroatoms. The van der Waals surface area contributed by atoms with Crippen LogP contribution < -0.4 is 20.0 Å². The molecule has 0 unspecified atom stereocenters. The second-order valence-corrected chi connectivity index (χ2v) is 9.21. The van der Waals surface area contributed by atoms with E-state index in [0.29, 0.717) is 13.2 Å². The number of nitrogens with zero attached hydrogens (tertiary/aromatic N) is 5. The summed E-state index contributed by atoms with van der Waals surface area (Å²) in [6, 6.07) is 17.6. The SMILES string of the molecule is Cl.N#Cc1c(N2CCOCC2)nc(N2CCNCC2)c2c1CN(c1cccc3ccccc13)CC2. The predicted octanol–water partition coefficient (Wildman–Crippen LogP) is 3.34. The summed E-state index contributed by atoms with van der Waals surface area (Å²) in [7, 11) is 0. The molecule has 0 aliphatic carbocycles. The Morgan fingerprint density at radius 2 is 1.57 bits per heavy atom. The number of benzene rings is 2. The van der Waals surface area contributed by atoms with Crippen molar-refractivity contribution >= 4 is 40.5 Å². The first-order valence-corrected chi connectivity index (χ1v) is 12.3. The summed E-state index contributed by atoms with van der Waals surface area (Å²) in [6.45, 7) is 8.36. The first kappa shape index (κ1) is 23.7. The van der Waals surface area contributed by atoms with Gasteiger partial charge in [0.15, 0.2) is 0 Å². The van der Waals surface area contributed by atoms with E-state index in [1.807, 2.05) is 0 Å². The lowest BCUT2D eigenvalue weighted by Gasteiger charge is -2.38. The number of rotatable bonds is 3. The lowest BCUT2D eigenvalue weighted by atomic mass is 9.94. The van der Waals surface area contributed by atoms with Crippen molar-refractivity contribution in [1.29, 1.82) is 5.26 Å². The fraction of sp³-hybridized carbons (Fsp3) is 0.407. The molecule has 1 aromatic heterocycles. The van der Waals surface area contributed by atoms with Crippen LogP contribution in [0.4, 0.5) is 17.3 Å². The van der Waals surface area contributed by atoms with E-state index < -0.39 is 0 Å². The van der Waals surface area contributed by atoms with Crippen LogP contribution in [0.15, 0.2) is 42.5 Å². The van der Waals surface area contributed by atoms with Gasteiger partial charge in [0.05, 0.1) is 18.8 Å². The van der Waals surface area contributed by atoms with E-state index in [1.54, 1.807) is 0 Å². The topological polar surface area (TPSA) is 67.7 Å². The molecule has 0 saturated carbocycles. The largest absolute Gasteiger partial charge is 0.378 e. The second kappa shape index (κ2) is 10.3. The van der Waals surface area contributed by atoms with Crippen molar-refractivity contribution in [2.45, 2.75) is 13.0 Å². The van der Waals surface area contributed by atoms with Crippen LogP contribution in [-0.2, 0) is 17.7 Å². The molecule has 6 rings (SSSR count). The van der Waals surface area contributed by atoms with Gasteiger partial charge in [0.25, 0.3) is 0 Å². The number of nitriles is 1. The summed E-state index contributed by atoms with van der Waals surface area (Å²) in [4.78, 5) is 12.3. The van der Waals surface area contributed by atoms with Crippen molar-refractivity contribution < 1.29 is 4.74 Å². The Hall–Kier alpha value is -3.05. The summed E-state index contributed by atoms with van der Waals surface area (Å²) >= 11 is 0. The van der Waals surface area contributed by atoms with Crippen molar-refractivity contribution in [1.82, 2.24) is 10.3 Å². The molecule has 0 spiro atoms. The smallest absolute Gasteiger partial charge is 0.149 e. The van der Waals surface area contributed by atoms with Crippen LogP contribution in [0.3, 0.4) is 0 Å². The van der Waals surface area contributed by atoms with Gasteiger partial charge in [-0.3, -0.25) is 0 Å². The maximum atomic E-state index is 10.3. The van der Waals surface area contributed by atoms with Gasteiger partial charge in [-0.1, -0.05) is 36.4 Å². The number of halogens is 1. The Bertz CT molecular complexity index is 1240. The average molecular weight is 491 g/mol. The maximum absolute atomic E-state index is 10.3. The van der Waals surface area contributed by atoms with Gasteiger partial charge in [-0.2, -0.15) is 5.26 Å². The third-order valence-corrected chi connectivity index (χ3v) is 7.30. The predicted molar refractivity (Wildman–Crippen MR) is 143 cm³/mol. The van der Waals surface area contributed by atoms with Crippen molar-refractivity contribution in [3.05, 3.63) is 59.2 Å². The van der Waals surface area contributed by atoms with Gasteiger partial charge in [-0.25, -0.2) is 4.98 Å². The molecule has 0 radical (unpaired) electrons. The van der Waals surface area contributed by atoms with Gasteiger partial charge in [0, 0.05) is 69.0 Å². The van der Waals surface area contributed by atoms with Crippen LogP contribution >= 0.6 is 12.4 Å². The summed E-state index contributed by atoms with van der Waals surface area (Å²) < 4.78 is 5.59. The Morgan fingerprint density at radius 3 is 2.37 bits per heavy atom. The molecule has 2 saturated heterocycles.